The molecule has 1 saturated heterocycles. The molecular formula is C8H15F3N2O4S. The molecule has 0 aliphatic carbocycles. The molecule has 1 fully saturated rings. The van der Waals surface area contributed by atoms with Crippen molar-refractivity contribution in [1.82, 2.24) is 8.61 Å². The Morgan fingerprint density at radius 3 is 2.28 bits per heavy atom. The van der Waals surface area contributed by atoms with Gasteiger partial charge in [0.1, 0.15) is 6.54 Å². The predicted octanol–water partition coefficient (Wildman–Crippen LogP) is -0.580. The number of ether oxygens (including phenoxy) is 1. The molecular weight excluding hydrogens is 277 g/mol. The molecule has 1 N–H and O–H groups in total. The zero-order chi connectivity index (χ0) is 13.8. The molecule has 1 heterocycles. The first-order chi connectivity index (χ1) is 8.27. The molecule has 0 amide bonds. The Balaban J connectivity index is 2.81. The van der Waals surface area contributed by atoms with Crippen LogP contribution in [-0.4, -0.2) is 74.3 Å². The maximum atomic E-state index is 12.3. The maximum Gasteiger partial charge on any atom is 0.402 e. The van der Waals surface area contributed by atoms with Crippen LogP contribution in [0.1, 0.15) is 0 Å². The third-order valence-corrected chi connectivity index (χ3v) is 4.31. The first-order valence-electron chi connectivity index (χ1n) is 5.28. The number of hydrogen-bond donors (Lipinski definition) is 1. The molecule has 108 valence electrons. The van der Waals surface area contributed by atoms with E-state index in [1.807, 2.05) is 0 Å². The van der Waals surface area contributed by atoms with E-state index in [0.717, 1.165) is 4.31 Å². The van der Waals surface area contributed by atoms with Gasteiger partial charge in [-0.05, 0) is 0 Å². The largest absolute Gasteiger partial charge is 0.402 e. The van der Waals surface area contributed by atoms with Crippen molar-refractivity contribution in [3.05, 3.63) is 0 Å². The molecule has 18 heavy (non-hydrogen) atoms. The molecule has 0 aromatic heterocycles. The summed E-state index contributed by atoms with van der Waals surface area (Å²) in [6, 6.07) is 0. The summed E-state index contributed by atoms with van der Waals surface area (Å²) in [6.45, 7) is -2.52. The van der Waals surface area contributed by atoms with Gasteiger partial charge in [0.25, 0.3) is 10.2 Å². The summed E-state index contributed by atoms with van der Waals surface area (Å²) >= 11 is 0. The second-order valence-corrected chi connectivity index (χ2v) is 5.62. The van der Waals surface area contributed by atoms with Crippen LogP contribution in [0.3, 0.4) is 0 Å². The molecule has 0 unspecified atom stereocenters. The quantitative estimate of drug-likeness (QED) is 0.736. The molecule has 0 saturated carbocycles. The van der Waals surface area contributed by atoms with Crippen molar-refractivity contribution < 1.29 is 31.4 Å². The van der Waals surface area contributed by atoms with Crippen LogP contribution in [0.5, 0.6) is 0 Å². The number of aliphatic hydroxyl groups is 1. The number of rotatable bonds is 5. The van der Waals surface area contributed by atoms with Gasteiger partial charge >= 0.3 is 6.18 Å². The first-order valence-corrected chi connectivity index (χ1v) is 6.67. The Morgan fingerprint density at radius 1 is 1.28 bits per heavy atom. The number of nitrogens with zero attached hydrogens (tertiary/aromatic N) is 2. The van der Waals surface area contributed by atoms with Gasteiger partial charge in [-0.1, -0.05) is 0 Å². The van der Waals surface area contributed by atoms with E-state index < -0.39 is 36.1 Å². The van der Waals surface area contributed by atoms with Gasteiger partial charge in [0.05, 0.1) is 19.8 Å². The summed E-state index contributed by atoms with van der Waals surface area (Å²) in [6.07, 6.45) is -4.64. The van der Waals surface area contributed by atoms with Crippen LogP contribution in [0, 0.1) is 0 Å². The molecule has 6 nitrogen and oxygen atoms in total. The van der Waals surface area contributed by atoms with Crippen molar-refractivity contribution in [1.29, 1.82) is 0 Å². The van der Waals surface area contributed by atoms with Crippen molar-refractivity contribution in [3.8, 4) is 0 Å². The fourth-order valence-electron chi connectivity index (χ4n) is 1.53. The minimum atomic E-state index is -4.64. The van der Waals surface area contributed by atoms with Gasteiger partial charge in [0, 0.05) is 19.6 Å². The van der Waals surface area contributed by atoms with Gasteiger partial charge in [-0.25, -0.2) is 0 Å². The fourth-order valence-corrected chi connectivity index (χ4v) is 3.09. The zero-order valence-electron chi connectivity index (χ0n) is 9.56. The topological polar surface area (TPSA) is 70.1 Å². The molecule has 1 aliphatic heterocycles. The number of aliphatic hydroxyl groups excluding tert-OH is 1. The molecule has 0 radical (unpaired) electrons. The van der Waals surface area contributed by atoms with E-state index in [1.54, 1.807) is 0 Å². The lowest BCUT2D eigenvalue weighted by atomic mass is 10.5. The summed E-state index contributed by atoms with van der Waals surface area (Å²) in [5.74, 6) is 0. The Kier molecular flexibility index (Phi) is 5.34. The van der Waals surface area contributed by atoms with Crippen LogP contribution in [-0.2, 0) is 14.9 Å². The smallest absolute Gasteiger partial charge is 0.395 e. The van der Waals surface area contributed by atoms with Crippen molar-refractivity contribution in [2.75, 3.05) is 46.0 Å². The second kappa shape index (κ2) is 6.15. The van der Waals surface area contributed by atoms with Crippen molar-refractivity contribution in [2.45, 2.75) is 6.18 Å². The first kappa shape index (κ1) is 15.6. The number of alkyl halides is 3. The highest BCUT2D eigenvalue weighted by Crippen LogP contribution is 2.20. The number of hydrogen-bond acceptors (Lipinski definition) is 4. The van der Waals surface area contributed by atoms with E-state index in [9.17, 15) is 21.6 Å². The lowest BCUT2D eigenvalue weighted by Gasteiger charge is -2.32. The third kappa shape index (κ3) is 4.35. The zero-order valence-corrected chi connectivity index (χ0v) is 10.4. The monoisotopic (exact) mass is 292 g/mol. The summed E-state index contributed by atoms with van der Waals surface area (Å²) in [4.78, 5) is 0. The molecule has 1 aliphatic rings. The lowest BCUT2D eigenvalue weighted by molar-refractivity contribution is -0.137. The van der Waals surface area contributed by atoms with Crippen molar-refractivity contribution >= 4 is 10.2 Å². The van der Waals surface area contributed by atoms with E-state index in [-0.39, 0.29) is 30.6 Å². The number of morpholine rings is 1. The highest BCUT2D eigenvalue weighted by molar-refractivity contribution is 7.86. The lowest BCUT2D eigenvalue weighted by Crippen LogP contribution is -2.51. The molecule has 10 heteroatoms. The highest BCUT2D eigenvalue weighted by atomic mass is 32.2. The van der Waals surface area contributed by atoms with Gasteiger partial charge < -0.3 is 9.84 Å². The van der Waals surface area contributed by atoms with Gasteiger partial charge in [-0.2, -0.15) is 30.2 Å². The number of halogens is 3. The van der Waals surface area contributed by atoms with Crippen LogP contribution < -0.4 is 0 Å². The minimum absolute atomic E-state index is 0.0160. The maximum absolute atomic E-state index is 12.3. The summed E-state index contributed by atoms with van der Waals surface area (Å²) < 4.78 is 66.9. The highest BCUT2D eigenvalue weighted by Gasteiger charge is 2.39. The standard InChI is InChI=1S/C8H15F3N2O4S/c9-8(10,11)7-13(1-4-14)18(15,16)12-2-5-17-6-3-12/h14H,1-7H2. The molecule has 0 atom stereocenters. The Hall–Kier alpha value is -0.420. The van der Waals surface area contributed by atoms with Gasteiger partial charge in [0.15, 0.2) is 0 Å². The normalized spacial score (nSPS) is 19.4. The Labute approximate surface area is 103 Å². The average molecular weight is 292 g/mol. The van der Waals surface area contributed by atoms with Gasteiger partial charge in [0.2, 0.25) is 0 Å². The molecule has 0 spiro atoms. The summed E-state index contributed by atoms with van der Waals surface area (Å²) in [5, 5.41) is 8.68. The van der Waals surface area contributed by atoms with Crippen LogP contribution in [0.2, 0.25) is 0 Å². The predicted molar refractivity (Wildman–Crippen MR) is 56.0 cm³/mol. The average Bonchev–Trinajstić information content (AvgIpc) is 2.28. The van der Waals surface area contributed by atoms with E-state index in [2.05, 4.69) is 0 Å². The van der Waals surface area contributed by atoms with Crippen LogP contribution in [0.4, 0.5) is 13.2 Å². The molecule has 1 rings (SSSR count). The van der Waals surface area contributed by atoms with E-state index >= 15 is 0 Å². The third-order valence-electron chi connectivity index (χ3n) is 2.33. The SMILES string of the molecule is O=S(=O)(N1CCOCC1)N(CCO)CC(F)(F)F. The molecule has 0 aromatic rings. The van der Waals surface area contributed by atoms with Crippen LogP contribution in [0.15, 0.2) is 0 Å². The summed E-state index contributed by atoms with van der Waals surface area (Å²) in [5.41, 5.74) is 0. The van der Waals surface area contributed by atoms with E-state index in [1.165, 1.54) is 0 Å². The minimum Gasteiger partial charge on any atom is -0.395 e. The van der Waals surface area contributed by atoms with Crippen LogP contribution >= 0.6 is 0 Å². The summed E-state index contributed by atoms with van der Waals surface area (Å²) in [7, 11) is -4.21. The van der Waals surface area contributed by atoms with Gasteiger partial charge in [-0.15, -0.1) is 0 Å². The fraction of sp³-hybridized carbons (Fsp3) is 1.00. The molecule has 0 aromatic carbocycles. The Morgan fingerprint density at radius 2 is 1.83 bits per heavy atom. The van der Waals surface area contributed by atoms with Crippen molar-refractivity contribution in [3.63, 3.8) is 0 Å². The molecule has 0 bridgehead atoms. The van der Waals surface area contributed by atoms with Crippen molar-refractivity contribution in [2.24, 2.45) is 0 Å². The van der Waals surface area contributed by atoms with Crippen LogP contribution in [0.25, 0.3) is 0 Å². The van der Waals surface area contributed by atoms with E-state index in [0.29, 0.717) is 0 Å². The van der Waals surface area contributed by atoms with E-state index in [4.69, 9.17) is 9.84 Å². The second-order valence-electron chi connectivity index (χ2n) is 3.69. The van der Waals surface area contributed by atoms with Gasteiger partial charge in [-0.3, -0.25) is 0 Å². The Bertz CT molecular complexity index is 354.